The van der Waals surface area contributed by atoms with Crippen LogP contribution in [0.1, 0.15) is 31.6 Å². The summed E-state index contributed by atoms with van der Waals surface area (Å²) in [6.07, 6.45) is 0. The van der Waals surface area contributed by atoms with Crippen LogP contribution in [0.4, 0.5) is 5.00 Å². The lowest BCUT2D eigenvalue weighted by Gasteiger charge is -1.99. The standard InChI is InChI=1S/C13H11NO7S/c1-7-9(12(15)19-2)5-8(21-7)6-20-13(16)10-3-4-11(22-10)14(17)18/h3-5H,6H2,1-2H3. The summed E-state index contributed by atoms with van der Waals surface area (Å²) in [6.45, 7) is 1.39. The lowest BCUT2D eigenvalue weighted by Crippen LogP contribution is -2.03. The minimum atomic E-state index is -0.702. The number of hydrogen-bond acceptors (Lipinski definition) is 8. The van der Waals surface area contributed by atoms with Gasteiger partial charge in [0.25, 0.3) is 0 Å². The summed E-state index contributed by atoms with van der Waals surface area (Å²) in [5.41, 5.74) is 0.250. The van der Waals surface area contributed by atoms with Crippen molar-refractivity contribution >= 4 is 28.3 Å². The van der Waals surface area contributed by atoms with Crippen LogP contribution in [0.3, 0.4) is 0 Å². The molecular weight excluding hydrogens is 314 g/mol. The summed E-state index contributed by atoms with van der Waals surface area (Å²) in [7, 11) is 1.25. The summed E-state index contributed by atoms with van der Waals surface area (Å²) in [4.78, 5) is 33.3. The van der Waals surface area contributed by atoms with E-state index < -0.39 is 16.9 Å². The molecule has 0 N–H and O–H groups in total. The van der Waals surface area contributed by atoms with E-state index in [1.165, 1.54) is 25.3 Å². The highest BCUT2D eigenvalue weighted by atomic mass is 32.1. The van der Waals surface area contributed by atoms with Gasteiger partial charge in [-0.3, -0.25) is 10.1 Å². The Labute approximate surface area is 128 Å². The molecule has 0 aliphatic carbocycles. The number of nitrogens with zero attached hydrogens (tertiary/aromatic N) is 1. The Balaban J connectivity index is 2.01. The zero-order chi connectivity index (χ0) is 16.3. The molecule has 2 aromatic heterocycles. The molecule has 0 saturated carbocycles. The van der Waals surface area contributed by atoms with E-state index in [0.29, 0.717) is 5.76 Å². The molecule has 22 heavy (non-hydrogen) atoms. The fourth-order valence-corrected chi connectivity index (χ4v) is 2.39. The van der Waals surface area contributed by atoms with Gasteiger partial charge in [-0.15, -0.1) is 0 Å². The first-order valence-electron chi connectivity index (χ1n) is 6.01. The van der Waals surface area contributed by atoms with E-state index in [-0.39, 0.29) is 27.8 Å². The Morgan fingerprint density at radius 1 is 1.36 bits per heavy atom. The molecule has 8 nitrogen and oxygen atoms in total. The summed E-state index contributed by atoms with van der Waals surface area (Å²) < 4.78 is 14.9. The van der Waals surface area contributed by atoms with Crippen LogP contribution in [0.15, 0.2) is 22.6 Å². The number of carbonyl (C=O) groups is 2. The van der Waals surface area contributed by atoms with Crippen LogP contribution >= 0.6 is 11.3 Å². The van der Waals surface area contributed by atoms with Crippen LogP contribution in [0.5, 0.6) is 0 Å². The predicted molar refractivity (Wildman–Crippen MR) is 74.9 cm³/mol. The number of hydrogen-bond donors (Lipinski definition) is 0. The van der Waals surface area contributed by atoms with Gasteiger partial charge in [0.15, 0.2) is 0 Å². The van der Waals surface area contributed by atoms with Gasteiger partial charge in [-0.2, -0.15) is 0 Å². The molecule has 2 aromatic rings. The van der Waals surface area contributed by atoms with Crippen molar-refractivity contribution in [2.24, 2.45) is 0 Å². The maximum absolute atomic E-state index is 11.8. The number of ether oxygens (including phenoxy) is 2. The van der Waals surface area contributed by atoms with Crippen molar-refractivity contribution < 1.29 is 28.4 Å². The summed E-state index contributed by atoms with van der Waals surface area (Å²) in [5, 5.41) is 10.4. The van der Waals surface area contributed by atoms with Crippen LogP contribution < -0.4 is 0 Å². The van der Waals surface area contributed by atoms with Gasteiger partial charge in [-0.05, 0) is 19.1 Å². The molecular formula is C13H11NO7S. The zero-order valence-corrected chi connectivity index (χ0v) is 12.5. The molecule has 0 unspecified atom stereocenters. The Kier molecular flexibility index (Phi) is 4.56. The van der Waals surface area contributed by atoms with Crippen molar-refractivity contribution in [3.8, 4) is 0 Å². The van der Waals surface area contributed by atoms with E-state index in [2.05, 4.69) is 4.74 Å². The first-order valence-corrected chi connectivity index (χ1v) is 6.83. The van der Waals surface area contributed by atoms with Crippen LogP contribution in [-0.4, -0.2) is 24.0 Å². The van der Waals surface area contributed by atoms with Crippen molar-refractivity contribution in [1.29, 1.82) is 0 Å². The number of aryl methyl sites for hydroxylation is 1. The van der Waals surface area contributed by atoms with E-state index in [0.717, 1.165) is 11.3 Å². The normalized spacial score (nSPS) is 10.3. The third-order valence-electron chi connectivity index (χ3n) is 2.69. The van der Waals surface area contributed by atoms with Gasteiger partial charge in [0.2, 0.25) is 0 Å². The third-order valence-corrected chi connectivity index (χ3v) is 3.71. The predicted octanol–water partition coefficient (Wildman–Crippen LogP) is 2.70. The van der Waals surface area contributed by atoms with Gasteiger partial charge in [0.1, 0.15) is 28.6 Å². The highest BCUT2D eigenvalue weighted by Gasteiger charge is 2.19. The Bertz CT molecular complexity index is 731. The number of nitro groups is 1. The monoisotopic (exact) mass is 325 g/mol. The molecule has 0 spiro atoms. The summed E-state index contributed by atoms with van der Waals surface area (Å²) in [5.74, 6) is -0.624. The molecule has 0 saturated heterocycles. The van der Waals surface area contributed by atoms with Crippen molar-refractivity contribution in [3.05, 3.63) is 50.3 Å². The molecule has 0 radical (unpaired) electrons. The van der Waals surface area contributed by atoms with Gasteiger partial charge in [0.05, 0.1) is 12.0 Å². The van der Waals surface area contributed by atoms with E-state index in [9.17, 15) is 19.7 Å². The van der Waals surface area contributed by atoms with Crippen LogP contribution in [0, 0.1) is 17.0 Å². The molecule has 9 heteroatoms. The largest absolute Gasteiger partial charge is 0.465 e. The fourth-order valence-electron chi connectivity index (χ4n) is 1.67. The second-order valence-electron chi connectivity index (χ2n) is 4.15. The molecule has 2 heterocycles. The maximum Gasteiger partial charge on any atom is 0.348 e. The second kappa shape index (κ2) is 6.39. The summed E-state index contributed by atoms with van der Waals surface area (Å²) >= 11 is 0.723. The SMILES string of the molecule is COC(=O)c1cc(COC(=O)c2ccc([N+](=O)[O-])s2)oc1C. The quantitative estimate of drug-likeness (QED) is 0.472. The Morgan fingerprint density at radius 2 is 2.09 bits per heavy atom. The molecule has 2 rings (SSSR count). The third kappa shape index (κ3) is 3.31. The number of carbonyl (C=O) groups excluding carboxylic acids is 2. The van der Waals surface area contributed by atoms with Crippen LogP contribution in [-0.2, 0) is 16.1 Å². The Morgan fingerprint density at radius 3 is 2.68 bits per heavy atom. The topological polar surface area (TPSA) is 109 Å². The molecule has 0 atom stereocenters. The van der Waals surface area contributed by atoms with Gasteiger partial charge >= 0.3 is 16.9 Å². The van der Waals surface area contributed by atoms with Crippen molar-refractivity contribution in [3.63, 3.8) is 0 Å². The number of furan rings is 1. The molecule has 0 aliphatic heterocycles. The average molecular weight is 325 g/mol. The van der Waals surface area contributed by atoms with Gasteiger partial charge < -0.3 is 13.9 Å². The van der Waals surface area contributed by atoms with E-state index >= 15 is 0 Å². The van der Waals surface area contributed by atoms with Crippen LogP contribution in [0.25, 0.3) is 0 Å². The number of methoxy groups -OCH3 is 1. The first-order chi connectivity index (χ1) is 10.4. The molecule has 0 bridgehead atoms. The van der Waals surface area contributed by atoms with Gasteiger partial charge in [-0.25, -0.2) is 9.59 Å². The highest BCUT2D eigenvalue weighted by molar-refractivity contribution is 7.17. The molecule has 0 amide bonds. The molecule has 0 fully saturated rings. The molecule has 0 aliphatic rings. The average Bonchev–Trinajstić information content (AvgIpc) is 3.11. The zero-order valence-electron chi connectivity index (χ0n) is 11.7. The van der Waals surface area contributed by atoms with E-state index in [1.807, 2.05) is 0 Å². The Hall–Kier alpha value is -2.68. The fraction of sp³-hybridized carbons (Fsp3) is 0.231. The van der Waals surface area contributed by atoms with Crippen LogP contribution in [0.2, 0.25) is 0 Å². The smallest absolute Gasteiger partial charge is 0.348 e. The van der Waals surface area contributed by atoms with Crippen molar-refractivity contribution in [1.82, 2.24) is 0 Å². The lowest BCUT2D eigenvalue weighted by molar-refractivity contribution is -0.380. The minimum absolute atomic E-state index is 0.114. The molecule has 0 aromatic carbocycles. The minimum Gasteiger partial charge on any atom is -0.465 e. The number of esters is 2. The number of rotatable bonds is 5. The van der Waals surface area contributed by atoms with Gasteiger partial charge in [-0.1, -0.05) is 11.3 Å². The first kappa shape index (κ1) is 15.7. The maximum atomic E-state index is 11.8. The summed E-state index contributed by atoms with van der Waals surface area (Å²) in [6, 6.07) is 3.97. The van der Waals surface area contributed by atoms with Gasteiger partial charge in [0, 0.05) is 6.07 Å². The second-order valence-corrected chi connectivity index (χ2v) is 5.21. The number of thiophene rings is 1. The van der Waals surface area contributed by atoms with Crippen molar-refractivity contribution in [2.45, 2.75) is 13.5 Å². The lowest BCUT2D eigenvalue weighted by atomic mass is 10.2. The molecule has 116 valence electrons. The van der Waals surface area contributed by atoms with E-state index in [4.69, 9.17) is 9.15 Å². The highest BCUT2D eigenvalue weighted by Crippen LogP contribution is 2.25. The van der Waals surface area contributed by atoms with E-state index in [1.54, 1.807) is 6.92 Å². The van der Waals surface area contributed by atoms with Crippen molar-refractivity contribution in [2.75, 3.05) is 7.11 Å².